The van der Waals surface area contributed by atoms with E-state index in [0.29, 0.717) is 22.1 Å². The van der Waals surface area contributed by atoms with Gasteiger partial charge in [-0.2, -0.15) is 0 Å². The summed E-state index contributed by atoms with van der Waals surface area (Å²) in [6, 6.07) is 5.97. The lowest BCUT2D eigenvalue weighted by Gasteiger charge is -2.30. The highest BCUT2D eigenvalue weighted by Crippen LogP contribution is 2.34. The number of pyridine rings is 2. The van der Waals surface area contributed by atoms with Crippen LogP contribution in [0.25, 0.3) is 32.6 Å². The molecule has 0 amide bonds. The standard InChI is InChI=1S/C23H21FN8S/c1-31-9-5-14(6-10-31)32-13-16(24)21-22(32)29-19(12-27-21)30-23-28-11-18(33-23)15-4-8-25-17-3-2-7-26-20(15)17/h2-4,7-8,11-14H,5-6,9-10H2,1H3,(H,28,29,30). The van der Waals surface area contributed by atoms with E-state index in [1.165, 1.54) is 17.5 Å². The van der Waals surface area contributed by atoms with Crippen LogP contribution in [-0.4, -0.2) is 54.5 Å². The highest BCUT2D eigenvalue weighted by Gasteiger charge is 2.23. The second kappa shape index (κ2) is 8.13. The summed E-state index contributed by atoms with van der Waals surface area (Å²) in [4.78, 5) is 25.7. The number of hydrogen-bond acceptors (Lipinski definition) is 8. The van der Waals surface area contributed by atoms with Gasteiger partial charge in [0.1, 0.15) is 5.52 Å². The fraction of sp³-hybridized carbons (Fsp3) is 0.261. The average Bonchev–Trinajstić information content (AvgIpc) is 3.43. The predicted molar refractivity (Wildman–Crippen MR) is 127 cm³/mol. The lowest BCUT2D eigenvalue weighted by atomic mass is 10.1. The molecule has 33 heavy (non-hydrogen) atoms. The Morgan fingerprint density at radius 3 is 2.79 bits per heavy atom. The molecule has 0 unspecified atom stereocenters. The maximum atomic E-state index is 14.5. The Hall–Kier alpha value is -3.50. The molecule has 0 aromatic carbocycles. The van der Waals surface area contributed by atoms with Crippen molar-refractivity contribution in [3.8, 4) is 10.4 Å². The molecule has 0 atom stereocenters. The zero-order valence-corrected chi connectivity index (χ0v) is 18.8. The van der Waals surface area contributed by atoms with Gasteiger partial charge in [-0.05, 0) is 51.2 Å². The van der Waals surface area contributed by atoms with E-state index in [1.54, 1.807) is 18.6 Å². The molecule has 0 aliphatic carbocycles. The van der Waals surface area contributed by atoms with Crippen molar-refractivity contribution < 1.29 is 4.39 Å². The lowest BCUT2D eigenvalue weighted by Crippen LogP contribution is -2.31. The lowest BCUT2D eigenvalue weighted by molar-refractivity contribution is 0.223. The van der Waals surface area contributed by atoms with Crippen molar-refractivity contribution in [2.45, 2.75) is 18.9 Å². The zero-order chi connectivity index (χ0) is 22.4. The van der Waals surface area contributed by atoms with Crippen LogP contribution in [0, 0.1) is 5.82 Å². The van der Waals surface area contributed by atoms with Gasteiger partial charge in [0, 0.05) is 36.4 Å². The van der Waals surface area contributed by atoms with Crippen LogP contribution < -0.4 is 5.32 Å². The van der Waals surface area contributed by atoms with E-state index < -0.39 is 0 Å². The molecule has 1 N–H and O–H groups in total. The van der Waals surface area contributed by atoms with Gasteiger partial charge < -0.3 is 14.8 Å². The molecule has 0 bridgehead atoms. The molecule has 0 saturated carbocycles. The van der Waals surface area contributed by atoms with Crippen LogP contribution >= 0.6 is 11.3 Å². The summed E-state index contributed by atoms with van der Waals surface area (Å²) in [6.45, 7) is 1.97. The van der Waals surface area contributed by atoms with Gasteiger partial charge in [0.25, 0.3) is 0 Å². The molecule has 5 aromatic rings. The van der Waals surface area contributed by atoms with E-state index in [-0.39, 0.29) is 11.9 Å². The van der Waals surface area contributed by atoms with Crippen molar-refractivity contribution in [2.75, 3.05) is 25.5 Å². The summed E-state index contributed by atoms with van der Waals surface area (Å²) in [6.07, 6.45) is 10.4. The first-order valence-electron chi connectivity index (χ1n) is 10.8. The van der Waals surface area contributed by atoms with Crippen molar-refractivity contribution in [1.82, 2.24) is 34.4 Å². The number of hydrogen-bond donors (Lipinski definition) is 1. The molecule has 8 nitrogen and oxygen atoms in total. The van der Waals surface area contributed by atoms with E-state index in [9.17, 15) is 4.39 Å². The van der Waals surface area contributed by atoms with E-state index >= 15 is 0 Å². The summed E-state index contributed by atoms with van der Waals surface area (Å²) in [5.74, 6) is 0.199. The number of rotatable bonds is 4. The quantitative estimate of drug-likeness (QED) is 0.418. The largest absolute Gasteiger partial charge is 0.325 e. The van der Waals surface area contributed by atoms with Crippen LogP contribution in [0.3, 0.4) is 0 Å². The summed E-state index contributed by atoms with van der Waals surface area (Å²) < 4.78 is 16.5. The fourth-order valence-electron chi connectivity index (χ4n) is 4.33. The Bertz CT molecular complexity index is 1450. The molecule has 10 heteroatoms. The Balaban J connectivity index is 1.31. The molecule has 1 aliphatic heterocycles. The molecule has 6 heterocycles. The molecular weight excluding hydrogens is 439 g/mol. The number of anilines is 2. The smallest absolute Gasteiger partial charge is 0.188 e. The van der Waals surface area contributed by atoms with Crippen LogP contribution in [0.15, 0.2) is 49.2 Å². The van der Waals surface area contributed by atoms with Gasteiger partial charge in [0.15, 0.2) is 22.4 Å². The minimum absolute atomic E-state index is 0.219. The van der Waals surface area contributed by atoms with Gasteiger partial charge in [-0.15, -0.1) is 0 Å². The summed E-state index contributed by atoms with van der Waals surface area (Å²) >= 11 is 1.49. The van der Waals surface area contributed by atoms with E-state index in [2.05, 4.69) is 37.2 Å². The van der Waals surface area contributed by atoms with Gasteiger partial charge >= 0.3 is 0 Å². The molecule has 0 spiro atoms. The first-order chi connectivity index (χ1) is 16.2. The molecule has 166 valence electrons. The number of thiazole rings is 1. The van der Waals surface area contributed by atoms with Crippen LogP contribution in [-0.2, 0) is 0 Å². The van der Waals surface area contributed by atoms with Crippen LogP contribution in [0.2, 0.25) is 0 Å². The molecule has 0 radical (unpaired) electrons. The number of fused-ring (bicyclic) bond motifs is 2. The fourth-order valence-corrected chi connectivity index (χ4v) is 5.18. The summed E-state index contributed by atoms with van der Waals surface area (Å²) in [5, 5.41) is 3.91. The third-order valence-electron chi connectivity index (χ3n) is 6.06. The van der Waals surface area contributed by atoms with Crippen molar-refractivity contribution >= 4 is 44.5 Å². The van der Waals surface area contributed by atoms with Gasteiger partial charge in [-0.25, -0.2) is 19.3 Å². The number of halogens is 1. The van der Waals surface area contributed by atoms with Crippen molar-refractivity contribution in [2.24, 2.45) is 0 Å². The number of likely N-dealkylation sites (tertiary alicyclic amines) is 1. The van der Waals surface area contributed by atoms with Gasteiger partial charge in [-0.3, -0.25) is 9.97 Å². The van der Waals surface area contributed by atoms with Gasteiger partial charge in [-0.1, -0.05) is 11.3 Å². The Labute approximate surface area is 193 Å². The van der Waals surface area contributed by atoms with Gasteiger partial charge in [0.2, 0.25) is 0 Å². The van der Waals surface area contributed by atoms with Crippen LogP contribution in [0.4, 0.5) is 15.3 Å². The first-order valence-corrected chi connectivity index (χ1v) is 11.6. The highest BCUT2D eigenvalue weighted by atomic mass is 32.1. The molecule has 1 aliphatic rings. The average molecular weight is 461 g/mol. The SMILES string of the molecule is CN1CCC(n2cc(F)c3ncc(Nc4ncc(-c5ccnc6cccnc56)s4)nc32)CC1. The second-order valence-electron chi connectivity index (χ2n) is 8.23. The molecular formula is C23H21FN8S. The maximum absolute atomic E-state index is 14.5. The molecule has 5 aromatic heterocycles. The second-order valence-corrected chi connectivity index (χ2v) is 9.26. The maximum Gasteiger partial charge on any atom is 0.188 e. The summed E-state index contributed by atoms with van der Waals surface area (Å²) in [5.41, 5.74) is 3.52. The molecule has 1 saturated heterocycles. The Morgan fingerprint density at radius 1 is 1.03 bits per heavy atom. The van der Waals surface area contributed by atoms with Crippen molar-refractivity contribution in [1.29, 1.82) is 0 Å². The Kier molecular flexibility index (Phi) is 4.96. The van der Waals surface area contributed by atoms with Gasteiger partial charge in [0.05, 0.1) is 22.1 Å². The van der Waals surface area contributed by atoms with E-state index in [4.69, 9.17) is 4.98 Å². The number of aromatic nitrogens is 6. The molecule has 6 rings (SSSR count). The topological polar surface area (TPSA) is 84.7 Å². The molecule has 1 fully saturated rings. The number of nitrogens with one attached hydrogen (secondary N) is 1. The minimum Gasteiger partial charge on any atom is -0.325 e. The monoisotopic (exact) mass is 460 g/mol. The predicted octanol–water partition coefficient (Wildman–Crippen LogP) is 4.65. The van der Waals surface area contributed by atoms with E-state index in [0.717, 1.165) is 47.4 Å². The third-order valence-corrected chi connectivity index (χ3v) is 7.01. The third kappa shape index (κ3) is 3.70. The van der Waals surface area contributed by atoms with E-state index in [1.807, 2.05) is 29.0 Å². The van der Waals surface area contributed by atoms with Crippen molar-refractivity contribution in [3.63, 3.8) is 0 Å². The number of nitrogens with zero attached hydrogens (tertiary/aromatic N) is 7. The Morgan fingerprint density at radius 2 is 1.91 bits per heavy atom. The first kappa shape index (κ1) is 20.1. The summed E-state index contributed by atoms with van der Waals surface area (Å²) in [7, 11) is 2.11. The number of piperidine rings is 1. The van der Waals surface area contributed by atoms with Crippen LogP contribution in [0.1, 0.15) is 18.9 Å². The van der Waals surface area contributed by atoms with Crippen LogP contribution in [0.5, 0.6) is 0 Å². The minimum atomic E-state index is -0.337. The highest BCUT2D eigenvalue weighted by molar-refractivity contribution is 7.19. The zero-order valence-electron chi connectivity index (χ0n) is 17.9. The van der Waals surface area contributed by atoms with Crippen molar-refractivity contribution in [3.05, 3.63) is 55.0 Å². The normalized spacial score (nSPS) is 15.5.